The second kappa shape index (κ2) is 7.74. The molecule has 31 heavy (non-hydrogen) atoms. The number of fused-ring (bicyclic) bond motifs is 1. The standard InChI is InChI=1S/C24H21F3N2O2/c1-3-29-21-15-19(31-18-11-9-16(2)10-12-18)13-14-20(21)28-22(29)23(30,24(25,26)27)17-7-5-4-6-8-17/h4-15,30H,3H2,1-2H3. The van der Waals surface area contributed by atoms with Crippen molar-refractivity contribution in [1.82, 2.24) is 9.55 Å². The van der Waals surface area contributed by atoms with Gasteiger partial charge in [-0.15, -0.1) is 0 Å². The minimum atomic E-state index is -4.97. The lowest BCUT2D eigenvalue weighted by atomic mass is 9.92. The highest BCUT2D eigenvalue weighted by atomic mass is 19.4. The fraction of sp³-hybridized carbons (Fsp3) is 0.208. The Morgan fingerprint density at radius 2 is 1.58 bits per heavy atom. The number of ether oxygens (including phenoxy) is 1. The molecule has 3 aromatic carbocycles. The molecule has 7 heteroatoms. The topological polar surface area (TPSA) is 47.3 Å². The molecular weight excluding hydrogens is 405 g/mol. The first-order valence-corrected chi connectivity index (χ1v) is 9.84. The number of aromatic nitrogens is 2. The van der Waals surface area contributed by atoms with E-state index in [1.165, 1.54) is 28.8 Å². The van der Waals surface area contributed by atoms with E-state index in [2.05, 4.69) is 4.98 Å². The number of rotatable bonds is 5. The van der Waals surface area contributed by atoms with Crippen molar-refractivity contribution in [2.75, 3.05) is 0 Å². The van der Waals surface area contributed by atoms with Crippen LogP contribution in [0.5, 0.6) is 11.5 Å². The van der Waals surface area contributed by atoms with Gasteiger partial charge in [-0.1, -0.05) is 48.0 Å². The molecule has 0 bridgehead atoms. The van der Waals surface area contributed by atoms with E-state index in [0.29, 0.717) is 22.5 Å². The first-order valence-electron chi connectivity index (χ1n) is 9.84. The number of hydrogen-bond donors (Lipinski definition) is 1. The largest absolute Gasteiger partial charge is 0.457 e. The van der Waals surface area contributed by atoms with Crippen molar-refractivity contribution in [1.29, 1.82) is 0 Å². The lowest BCUT2D eigenvalue weighted by Gasteiger charge is -2.30. The van der Waals surface area contributed by atoms with E-state index in [1.807, 2.05) is 31.2 Å². The van der Waals surface area contributed by atoms with Gasteiger partial charge in [0.15, 0.2) is 5.82 Å². The van der Waals surface area contributed by atoms with Crippen LogP contribution in [0.3, 0.4) is 0 Å². The van der Waals surface area contributed by atoms with E-state index in [9.17, 15) is 18.3 Å². The van der Waals surface area contributed by atoms with Gasteiger partial charge in [0.2, 0.25) is 5.60 Å². The summed E-state index contributed by atoms with van der Waals surface area (Å²) in [5.74, 6) is 0.604. The zero-order valence-electron chi connectivity index (χ0n) is 17.0. The molecule has 0 saturated carbocycles. The van der Waals surface area contributed by atoms with E-state index in [1.54, 1.807) is 31.2 Å². The molecule has 4 aromatic rings. The molecule has 0 fully saturated rings. The van der Waals surface area contributed by atoms with Crippen molar-refractivity contribution in [3.8, 4) is 11.5 Å². The SMILES string of the molecule is CCn1c(C(O)(c2ccccc2)C(F)(F)F)nc2ccc(Oc3ccc(C)cc3)cc21. The van der Waals surface area contributed by atoms with Gasteiger partial charge in [-0.2, -0.15) is 13.2 Å². The van der Waals surface area contributed by atoms with Crippen molar-refractivity contribution in [3.63, 3.8) is 0 Å². The molecular formula is C24H21F3N2O2. The average molecular weight is 426 g/mol. The van der Waals surface area contributed by atoms with Crippen molar-refractivity contribution in [2.45, 2.75) is 32.2 Å². The molecule has 1 unspecified atom stereocenters. The highest BCUT2D eigenvalue weighted by molar-refractivity contribution is 5.78. The lowest BCUT2D eigenvalue weighted by molar-refractivity contribution is -0.252. The molecule has 160 valence electrons. The number of aliphatic hydroxyl groups is 1. The van der Waals surface area contributed by atoms with Crippen LogP contribution in [0.25, 0.3) is 11.0 Å². The van der Waals surface area contributed by atoms with Crippen LogP contribution in [-0.4, -0.2) is 20.8 Å². The Kier molecular flexibility index (Phi) is 5.23. The first kappa shape index (κ1) is 20.9. The summed E-state index contributed by atoms with van der Waals surface area (Å²) >= 11 is 0. The smallest absolute Gasteiger partial charge is 0.428 e. The van der Waals surface area contributed by atoms with Crippen molar-refractivity contribution < 1.29 is 23.0 Å². The van der Waals surface area contributed by atoms with Gasteiger partial charge < -0.3 is 14.4 Å². The molecule has 1 aromatic heterocycles. The minimum absolute atomic E-state index is 0.186. The van der Waals surface area contributed by atoms with Crippen LogP contribution >= 0.6 is 0 Å². The van der Waals surface area contributed by atoms with Crippen LogP contribution in [0, 0.1) is 6.92 Å². The summed E-state index contributed by atoms with van der Waals surface area (Å²) in [7, 11) is 0. The Labute approximate surface area is 177 Å². The van der Waals surface area contributed by atoms with Gasteiger partial charge in [-0.3, -0.25) is 0 Å². The molecule has 0 aliphatic carbocycles. The van der Waals surface area contributed by atoms with Gasteiger partial charge in [0.05, 0.1) is 11.0 Å². The normalized spacial score (nSPS) is 13.9. The van der Waals surface area contributed by atoms with Crippen molar-refractivity contribution in [3.05, 3.63) is 89.7 Å². The summed E-state index contributed by atoms with van der Waals surface area (Å²) < 4.78 is 49.8. The molecule has 0 spiro atoms. The Hall–Kier alpha value is -3.32. The zero-order valence-corrected chi connectivity index (χ0v) is 17.0. The molecule has 1 heterocycles. The molecule has 0 radical (unpaired) electrons. The van der Waals surface area contributed by atoms with Crippen LogP contribution in [0.1, 0.15) is 23.9 Å². The molecule has 4 rings (SSSR count). The average Bonchev–Trinajstić information content (AvgIpc) is 3.12. The molecule has 0 saturated heterocycles. The minimum Gasteiger partial charge on any atom is -0.457 e. The number of hydrogen-bond acceptors (Lipinski definition) is 3. The van der Waals surface area contributed by atoms with Gasteiger partial charge in [0.25, 0.3) is 0 Å². The third-order valence-electron chi connectivity index (χ3n) is 5.22. The molecule has 0 aliphatic heterocycles. The second-order valence-electron chi connectivity index (χ2n) is 7.32. The number of aryl methyl sites for hydroxylation is 2. The van der Waals surface area contributed by atoms with E-state index < -0.39 is 17.6 Å². The molecule has 1 N–H and O–H groups in total. The maximum absolute atomic E-state index is 14.2. The number of benzene rings is 3. The Morgan fingerprint density at radius 1 is 0.935 bits per heavy atom. The summed E-state index contributed by atoms with van der Waals surface area (Å²) in [6.45, 7) is 3.86. The predicted molar refractivity (Wildman–Crippen MR) is 112 cm³/mol. The maximum Gasteiger partial charge on any atom is 0.428 e. The Balaban J connectivity index is 1.85. The van der Waals surface area contributed by atoms with Gasteiger partial charge in [-0.05, 0) is 38.1 Å². The Morgan fingerprint density at radius 3 is 2.19 bits per heavy atom. The van der Waals surface area contributed by atoms with E-state index in [-0.39, 0.29) is 12.1 Å². The molecule has 1 atom stereocenters. The van der Waals surface area contributed by atoms with Crippen molar-refractivity contribution >= 4 is 11.0 Å². The predicted octanol–water partition coefficient (Wildman–Crippen LogP) is 5.96. The zero-order chi connectivity index (χ0) is 22.2. The first-order chi connectivity index (χ1) is 14.7. The second-order valence-corrected chi connectivity index (χ2v) is 7.32. The quantitative estimate of drug-likeness (QED) is 0.429. The van der Waals surface area contributed by atoms with Crippen molar-refractivity contribution in [2.24, 2.45) is 0 Å². The lowest BCUT2D eigenvalue weighted by Crippen LogP contribution is -2.45. The molecule has 0 amide bonds. The van der Waals surface area contributed by atoms with E-state index in [4.69, 9.17) is 4.74 Å². The van der Waals surface area contributed by atoms with Gasteiger partial charge in [0, 0.05) is 18.2 Å². The third-order valence-corrected chi connectivity index (χ3v) is 5.22. The summed E-state index contributed by atoms with van der Waals surface area (Å²) in [5, 5.41) is 11.0. The molecule has 4 nitrogen and oxygen atoms in total. The number of imidazole rings is 1. The van der Waals surface area contributed by atoms with E-state index in [0.717, 1.165) is 5.56 Å². The van der Waals surface area contributed by atoms with Crippen LogP contribution in [0.4, 0.5) is 13.2 Å². The maximum atomic E-state index is 14.2. The summed E-state index contributed by atoms with van der Waals surface area (Å²) in [5.41, 5.74) is -1.67. The number of halogens is 3. The van der Waals surface area contributed by atoms with Crippen LogP contribution in [-0.2, 0) is 12.1 Å². The highest BCUT2D eigenvalue weighted by Crippen LogP contribution is 2.44. The number of nitrogens with zero attached hydrogens (tertiary/aromatic N) is 2. The summed E-state index contributed by atoms with van der Waals surface area (Å²) in [6.07, 6.45) is -4.97. The van der Waals surface area contributed by atoms with Gasteiger partial charge >= 0.3 is 6.18 Å². The van der Waals surface area contributed by atoms with Crippen LogP contribution in [0.2, 0.25) is 0 Å². The highest BCUT2D eigenvalue weighted by Gasteiger charge is 2.59. The van der Waals surface area contributed by atoms with Crippen LogP contribution in [0.15, 0.2) is 72.8 Å². The Bertz CT molecular complexity index is 1200. The fourth-order valence-electron chi connectivity index (χ4n) is 3.60. The third kappa shape index (κ3) is 3.65. The van der Waals surface area contributed by atoms with Gasteiger partial charge in [-0.25, -0.2) is 4.98 Å². The number of alkyl halides is 3. The van der Waals surface area contributed by atoms with E-state index >= 15 is 0 Å². The monoisotopic (exact) mass is 426 g/mol. The van der Waals surface area contributed by atoms with Crippen LogP contribution < -0.4 is 4.74 Å². The summed E-state index contributed by atoms with van der Waals surface area (Å²) in [4.78, 5) is 4.20. The molecule has 0 aliphatic rings. The summed E-state index contributed by atoms with van der Waals surface area (Å²) in [6, 6.07) is 19.3. The van der Waals surface area contributed by atoms with Gasteiger partial charge in [0.1, 0.15) is 11.5 Å². The fourth-order valence-corrected chi connectivity index (χ4v) is 3.60.